The van der Waals surface area contributed by atoms with Crippen molar-refractivity contribution in [2.75, 3.05) is 0 Å². The first-order valence-corrected chi connectivity index (χ1v) is 7.83. The fraction of sp³-hybridized carbons (Fsp3) is 0. The number of aromatic nitrogens is 2. The topological polar surface area (TPSA) is 38.1 Å². The molecule has 0 fully saturated rings. The SMILES string of the molecule is Oc1c(-c2ccccc2)nn(-c2ccccc2)c1-c1ccccc1. The van der Waals surface area contributed by atoms with Crippen LogP contribution < -0.4 is 0 Å². The maximum Gasteiger partial charge on any atom is 0.170 e. The van der Waals surface area contributed by atoms with Gasteiger partial charge in [-0.15, -0.1) is 0 Å². The molecule has 0 saturated heterocycles. The molecule has 4 aromatic rings. The molecule has 0 amide bonds. The lowest BCUT2D eigenvalue weighted by Gasteiger charge is -2.07. The molecule has 0 spiro atoms. The van der Waals surface area contributed by atoms with Crippen LogP contribution in [0.15, 0.2) is 91.0 Å². The lowest BCUT2D eigenvalue weighted by Crippen LogP contribution is -1.98. The summed E-state index contributed by atoms with van der Waals surface area (Å²) in [4.78, 5) is 0. The number of aromatic hydroxyl groups is 1. The Bertz CT molecular complexity index is 945. The molecule has 0 saturated carbocycles. The number of hydrogen-bond acceptors (Lipinski definition) is 2. The third-order valence-corrected chi connectivity index (χ3v) is 3.96. The van der Waals surface area contributed by atoms with Crippen molar-refractivity contribution in [3.05, 3.63) is 91.0 Å². The van der Waals surface area contributed by atoms with Crippen molar-refractivity contribution in [2.45, 2.75) is 0 Å². The van der Waals surface area contributed by atoms with Crippen LogP contribution in [-0.4, -0.2) is 14.9 Å². The molecule has 1 aromatic heterocycles. The number of rotatable bonds is 3. The third kappa shape index (κ3) is 2.46. The van der Waals surface area contributed by atoms with E-state index in [1.54, 1.807) is 4.68 Å². The molecule has 1 N–H and O–H groups in total. The van der Waals surface area contributed by atoms with E-state index in [0.29, 0.717) is 11.4 Å². The molecular weight excluding hydrogens is 296 g/mol. The van der Waals surface area contributed by atoms with Crippen molar-refractivity contribution in [1.82, 2.24) is 9.78 Å². The molecule has 0 atom stereocenters. The molecule has 4 rings (SSSR count). The lowest BCUT2D eigenvalue weighted by molar-refractivity contribution is 0.479. The summed E-state index contributed by atoms with van der Waals surface area (Å²) in [6.45, 7) is 0. The zero-order valence-electron chi connectivity index (χ0n) is 13.0. The van der Waals surface area contributed by atoms with Crippen LogP contribution in [0.5, 0.6) is 5.75 Å². The lowest BCUT2D eigenvalue weighted by atomic mass is 10.1. The van der Waals surface area contributed by atoms with Gasteiger partial charge in [-0.3, -0.25) is 0 Å². The summed E-state index contributed by atoms with van der Waals surface area (Å²) in [6, 6.07) is 29.4. The van der Waals surface area contributed by atoms with Gasteiger partial charge in [0.25, 0.3) is 0 Å². The van der Waals surface area contributed by atoms with Crippen molar-refractivity contribution in [1.29, 1.82) is 0 Å². The van der Waals surface area contributed by atoms with Crippen molar-refractivity contribution < 1.29 is 5.11 Å². The van der Waals surface area contributed by atoms with Crippen molar-refractivity contribution in [3.8, 4) is 34.0 Å². The van der Waals surface area contributed by atoms with E-state index in [1.165, 1.54) is 0 Å². The Morgan fingerprint density at radius 2 is 1.12 bits per heavy atom. The molecule has 0 unspecified atom stereocenters. The molecule has 3 nitrogen and oxygen atoms in total. The maximum absolute atomic E-state index is 10.9. The quantitative estimate of drug-likeness (QED) is 0.583. The highest BCUT2D eigenvalue weighted by atomic mass is 16.3. The van der Waals surface area contributed by atoms with Crippen molar-refractivity contribution in [2.24, 2.45) is 0 Å². The smallest absolute Gasteiger partial charge is 0.170 e. The van der Waals surface area contributed by atoms with Gasteiger partial charge in [-0.1, -0.05) is 78.9 Å². The molecular formula is C21H16N2O. The Hall–Kier alpha value is -3.33. The average molecular weight is 312 g/mol. The number of nitrogens with zero attached hydrogens (tertiary/aromatic N) is 2. The van der Waals surface area contributed by atoms with Gasteiger partial charge < -0.3 is 5.11 Å². The molecule has 1 heterocycles. The van der Waals surface area contributed by atoms with Crippen LogP contribution in [0.3, 0.4) is 0 Å². The minimum atomic E-state index is 0.191. The van der Waals surface area contributed by atoms with Crippen molar-refractivity contribution in [3.63, 3.8) is 0 Å². The minimum Gasteiger partial charge on any atom is -0.504 e. The van der Waals surface area contributed by atoms with Gasteiger partial charge in [0.15, 0.2) is 5.75 Å². The van der Waals surface area contributed by atoms with E-state index in [1.807, 2.05) is 91.0 Å². The fourth-order valence-corrected chi connectivity index (χ4v) is 2.81. The van der Waals surface area contributed by atoms with Crippen LogP contribution >= 0.6 is 0 Å². The van der Waals surface area contributed by atoms with Crippen LogP contribution in [0.25, 0.3) is 28.2 Å². The van der Waals surface area contributed by atoms with Gasteiger partial charge in [-0.25, -0.2) is 4.68 Å². The summed E-state index contributed by atoms with van der Waals surface area (Å²) >= 11 is 0. The molecule has 0 aliphatic heterocycles. The van der Waals surface area contributed by atoms with Gasteiger partial charge in [0.05, 0.1) is 5.69 Å². The van der Waals surface area contributed by atoms with E-state index >= 15 is 0 Å². The molecule has 3 heteroatoms. The molecule has 0 bridgehead atoms. The Morgan fingerprint density at radius 3 is 1.71 bits per heavy atom. The van der Waals surface area contributed by atoms with Crippen LogP contribution in [0.1, 0.15) is 0 Å². The van der Waals surface area contributed by atoms with E-state index < -0.39 is 0 Å². The van der Waals surface area contributed by atoms with Gasteiger partial charge in [0.1, 0.15) is 11.4 Å². The summed E-state index contributed by atoms with van der Waals surface area (Å²) in [5.41, 5.74) is 4.00. The van der Waals surface area contributed by atoms with E-state index in [2.05, 4.69) is 0 Å². The predicted molar refractivity (Wildman–Crippen MR) is 96.1 cm³/mol. The zero-order chi connectivity index (χ0) is 16.4. The summed E-state index contributed by atoms with van der Waals surface area (Å²) in [6.07, 6.45) is 0. The first-order chi connectivity index (χ1) is 11.8. The van der Waals surface area contributed by atoms with E-state index in [0.717, 1.165) is 16.8 Å². The molecule has 3 aromatic carbocycles. The second-order valence-corrected chi connectivity index (χ2v) is 5.53. The summed E-state index contributed by atoms with van der Waals surface area (Å²) in [5, 5.41) is 15.6. The number of benzene rings is 3. The highest BCUT2D eigenvalue weighted by Crippen LogP contribution is 2.39. The highest BCUT2D eigenvalue weighted by Gasteiger charge is 2.20. The van der Waals surface area contributed by atoms with Crippen LogP contribution in [0.4, 0.5) is 0 Å². The normalized spacial score (nSPS) is 10.7. The minimum absolute atomic E-state index is 0.191. The Labute approximate surface area is 140 Å². The van der Waals surface area contributed by atoms with E-state index in [-0.39, 0.29) is 5.75 Å². The third-order valence-electron chi connectivity index (χ3n) is 3.96. The number of para-hydroxylation sites is 1. The molecule has 0 aliphatic carbocycles. The zero-order valence-corrected chi connectivity index (χ0v) is 13.0. The van der Waals surface area contributed by atoms with E-state index in [4.69, 9.17) is 5.10 Å². The van der Waals surface area contributed by atoms with Crippen LogP contribution in [-0.2, 0) is 0 Å². The molecule has 0 radical (unpaired) electrons. The Kier molecular flexibility index (Phi) is 3.60. The first kappa shape index (κ1) is 14.3. The van der Waals surface area contributed by atoms with Gasteiger partial charge in [-0.2, -0.15) is 5.10 Å². The second-order valence-electron chi connectivity index (χ2n) is 5.53. The number of hydrogen-bond donors (Lipinski definition) is 1. The highest BCUT2D eigenvalue weighted by molar-refractivity contribution is 5.79. The standard InChI is InChI=1S/C21H16N2O/c24-21-19(16-10-4-1-5-11-16)22-23(18-14-8-3-9-15-18)20(21)17-12-6-2-7-13-17/h1-15,24H. The van der Waals surface area contributed by atoms with Gasteiger partial charge in [0, 0.05) is 11.1 Å². The summed E-state index contributed by atoms with van der Waals surface area (Å²) in [5.74, 6) is 0.191. The Morgan fingerprint density at radius 1 is 0.625 bits per heavy atom. The summed E-state index contributed by atoms with van der Waals surface area (Å²) < 4.78 is 1.80. The largest absolute Gasteiger partial charge is 0.504 e. The Balaban J connectivity index is 1.99. The predicted octanol–water partition coefficient (Wildman–Crippen LogP) is 4.91. The monoisotopic (exact) mass is 312 g/mol. The second kappa shape index (κ2) is 6.05. The molecule has 24 heavy (non-hydrogen) atoms. The maximum atomic E-state index is 10.9. The van der Waals surface area contributed by atoms with Gasteiger partial charge >= 0.3 is 0 Å². The fourth-order valence-electron chi connectivity index (χ4n) is 2.81. The van der Waals surface area contributed by atoms with Crippen LogP contribution in [0.2, 0.25) is 0 Å². The first-order valence-electron chi connectivity index (χ1n) is 7.83. The van der Waals surface area contributed by atoms with Gasteiger partial charge in [0.2, 0.25) is 0 Å². The molecule has 116 valence electrons. The van der Waals surface area contributed by atoms with Crippen molar-refractivity contribution >= 4 is 0 Å². The molecule has 0 aliphatic rings. The van der Waals surface area contributed by atoms with E-state index in [9.17, 15) is 5.11 Å². The summed E-state index contributed by atoms with van der Waals surface area (Å²) in [7, 11) is 0. The van der Waals surface area contributed by atoms with Crippen LogP contribution in [0, 0.1) is 0 Å². The van der Waals surface area contributed by atoms with Gasteiger partial charge in [-0.05, 0) is 12.1 Å². The average Bonchev–Trinajstić information content (AvgIpc) is 3.01.